The van der Waals surface area contributed by atoms with E-state index in [1.54, 1.807) is 19.4 Å². The molecule has 0 fully saturated rings. The number of benzene rings is 1. The number of amides is 1. The van der Waals surface area contributed by atoms with Gasteiger partial charge in [-0.1, -0.05) is 28.1 Å². The lowest BCUT2D eigenvalue weighted by atomic mass is 10.1. The maximum atomic E-state index is 12.0. The summed E-state index contributed by atoms with van der Waals surface area (Å²) in [5.74, 6) is 1.26. The number of pyridine rings is 1. The molecule has 0 atom stereocenters. The largest absolute Gasteiger partial charge is 0.496 e. The maximum Gasteiger partial charge on any atom is 0.229 e. The Morgan fingerprint density at radius 1 is 1.35 bits per heavy atom. The van der Waals surface area contributed by atoms with Gasteiger partial charge in [0.1, 0.15) is 11.6 Å². The number of nitrogens with zero attached hydrogens (tertiary/aromatic N) is 1. The fourth-order valence-electron chi connectivity index (χ4n) is 1.90. The van der Waals surface area contributed by atoms with E-state index in [4.69, 9.17) is 4.74 Å². The van der Waals surface area contributed by atoms with E-state index in [1.165, 1.54) is 0 Å². The number of anilines is 1. The van der Waals surface area contributed by atoms with Crippen molar-refractivity contribution >= 4 is 27.7 Å². The highest BCUT2D eigenvalue weighted by atomic mass is 79.9. The second-order valence-electron chi connectivity index (χ2n) is 4.39. The van der Waals surface area contributed by atoms with Crippen molar-refractivity contribution in [2.75, 3.05) is 12.4 Å². The van der Waals surface area contributed by atoms with Crippen LogP contribution in [0.3, 0.4) is 0 Å². The molecule has 0 bridgehead atoms. The van der Waals surface area contributed by atoms with E-state index in [9.17, 15) is 4.79 Å². The Hall–Kier alpha value is -1.88. The molecule has 0 saturated carbocycles. The molecule has 2 aromatic rings. The fraction of sp³-hybridized carbons (Fsp3) is 0.200. The van der Waals surface area contributed by atoms with Crippen LogP contribution in [0, 0.1) is 6.92 Å². The van der Waals surface area contributed by atoms with Gasteiger partial charge in [0.15, 0.2) is 0 Å². The summed E-state index contributed by atoms with van der Waals surface area (Å²) in [4.78, 5) is 16.0. The number of carbonyl (C=O) groups is 1. The van der Waals surface area contributed by atoms with Crippen LogP contribution in [0.25, 0.3) is 0 Å². The van der Waals surface area contributed by atoms with Crippen LogP contribution in [0.1, 0.15) is 11.1 Å². The molecule has 2 rings (SSSR count). The lowest BCUT2D eigenvalue weighted by Gasteiger charge is -2.08. The highest BCUT2D eigenvalue weighted by Gasteiger charge is 2.07. The average molecular weight is 335 g/mol. The van der Waals surface area contributed by atoms with Gasteiger partial charge in [-0.25, -0.2) is 4.98 Å². The van der Waals surface area contributed by atoms with Crippen LogP contribution in [0.5, 0.6) is 5.75 Å². The number of carbonyl (C=O) groups excluding carboxylic acids is 1. The summed E-state index contributed by atoms with van der Waals surface area (Å²) in [6, 6.07) is 9.28. The summed E-state index contributed by atoms with van der Waals surface area (Å²) in [6.07, 6.45) is 1.94. The van der Waals surface area contributed by atoms with E-state index in [-0.39, 0.29) is 5.91 Å². The Morgan fingerprint density at radius 3 is 2.80 bits per heavy atom. The van der Waals surface area contributed by atoms with Crippen LogP contribution in [0.2, 0.25) is 0 Å². The molecular formula is C15H15BrN2O2. The third-order valence-corrected chi connectivity index (χ3v) is 3.31. The predicted octanol–water partition coefficient (Wildman–Crippen LogP) is 3.34. The number of hydrogen-bond donors (Lipinski definition) is 1. The predicted molar refractivity (Wildman–Crippen MR) is 82.0 cm³/mol. The third-order valence-electron chi connectivity index (χ3n) is 2.81. The van der Waals surface area contributed by atoms with Crippen molar-refractivity contribution in [2.45, 2.75) is 13.3 Å². The second-order valence-corrected chi connectivity index (χ2v) is 5.30. The number of halogens is 1. The SMILES string of the molecule is COc1ccc(CC(=O)Nc2cc(Br)ccn2)cc1C. The summed E-state index contributed by atoms with van der Waals surface area (Å²) in [6.45, 7) is 1.95. The lowest BCUT2D eigenvalue weighted by Crippen LogP contribution is -2.15. The second kappa shape index (κ2) is 6.52. The Morgan fingerprint density at radius 2 is 2.15 bits per heavy atom. The van der Waals surface area contributed by atoms with Crippen molar-refractivity contribution in [1.29, 1.82) is 0 Å². The van der Waals surface area contributed by atoms with Gasteiger partial charge in [-0.05, 0) is 36.2 Å². The van der Waals surface area contributed by atoms with Crippen LogP contribution in [0.4, 0.5) is 5.82 Å². The summed E-state index contributed by atoms with van der Waals surface area (Å²) in [5, 5.41) is 2.77. The smallest absolute Gasteiger partial charge is 0.229 e. The molecule has 1 aromatic heterocycles. The number of nitrogens with one attached hydrogen (secondary N) is 1. The highest BCUT2D eigenvalue weighted by molar-refractivity contribution is 9.10. The third kappa shape index (κ3) is 3.81. The van der Waals surface area contributed by atoms with Crippen molar-refractivity contribution in [3.05, 3.63) is 52.1 Å². The number of aromatic nitrogens is 1. The molecule has 1 aromatic carbocycles. The number of aryl methyl sites for hydroxylation is 1. The van der Waals surface area contributed by atoms with Crippen LogP contribution in [-0.4, -0.2) is 18.0 Å². The topological polar surface area (TPSA) is 51.2 Å². The van der Waals surface area contributed by atoms with Gasteiger partial charge < -0.3 is 10.1 Å². The zero-order valence-corrected chi connectivity index (χ0v) is 12.9. The first-order valence-corrected chi connectivity index (χ1v) is 6.92. The van der Waals surface area contributed by atoms with Gasteiger partial charge in [0.05, 0.1) is 13.5 Å². The molecule has 4 nitrogen and oxygen atoms in total. The standard InChI is InChI=1S/C15H15BrN2O2/c1-10-7-11(3-4-13(10)20-2)8-15(19)18-14-9-12(16)5-6-17-14/h3-7,9H,8H2,1-2H3,(H,17,18,19). The summed E-state index contributed by atoms with van der Waals surface area (Å²) >= 11 is 3.34. The van der Waals surface area contributed by atoms with Gasteiger partial charge >= 0.3 is 0 Å². The van der Waals surface area contributed by atoms with Gasteiger partial charge in [0, 0.05) is 10.7 Å². The van der Waals surface area contributed by atoms with Crippen molar-refractivity contribution < 1.29 is 9.53 Å². The van der Waals surface area contributed by atoms with E-state index < -0.39 is 0 Å². The normalized spacial score (nSPS) is 10.2. The number of methoxy groups -OCH3 is 1. The molecule has 0 aliphatic heterocycles. The molecule has 0 radical (unpaired) electrons. The minimum absolute atomic E-state index is 0.0971. The van der Waals surface area contributed by atoms with E-state index in [1.807, 2.05) is 31.2 Å². The molecular weight excluding hydrogens is 320 g/mol. The van der Waals surface area contributed by atoms with Crippen molar-refractivity contribution in [3.8, 4) is 5.75 Å². The van der Waals surface area contributed by atoms with E-state index in [0.29, 0.717) is 12.2 Å². The molecule has 1 N–H and O–H groups in total. The number of ether oxygens (including phenoxy) is 1. The zero-order valence-electron chi connectivity index (χ0n) is 11.3. The molecule has 104 valence electrons. The maximum absolute atomic E-state index is 12.0. The van der Waals surface area contributed by atoms with Crippen LogP contribution < -0.4 is 10.1 Å². The summed E-state index contributed by atoms with van der Waals surface area (Å²) < 4.78 is 6.08. The first kappa shape index (κ1) is 14.5. The summed E-state index contributed by atoms with van der Waals surface area (Å²) in [5.41, 5.74) is 1.95. The van der Waals surface area contributed by atoms with Gasteiger partial charge in [-0.15, -0.1) is 0 Å². The lowest BCUT2D eigenvalue weighted by molar-refractivity contribution is -0.115. The molecule has 1 heterocycles. The van der Waals surface area contributed by atoms with Gasteiger partial charge in [0.25, 0.3) is 0 Å². The molecule has 0 saturated heterocycles. The average Bonchev–Trinajstić information content (AvgIpc) is 2.38. The van der Waals surface area contributed by atoms with Gasteiger partial charge in [-0.2, -0.15) is 0 Å². The van der Waals surface area contributed by atoms with E-state index in [2.05, 4.69) is 26.2 Å². The molecule has 1 amide bonds. The van der Waals surface area contributed by atoms with Gasteiger partial charge in [-0.3, -0.25) is 4.79 Å². The number of rotatable bonds is 4. The van der Waals surface area contributed by atoms with Crippen LogP contribution >= 0.6 is 15.9 Å². The first-order chi connectivity index (χ1) is 9.58. The molecule has 0 aliphatic rings. The van der Waals surface area contributed by atoms with Crippen LogP contribution in [-0.2, 0) is 11.2 Å². The van der Waals surface area contributed by atoms with Gasteiger partial charge in [0.2, 0.25) is 5.91 Å². The van der Waals surface area contributed by atoms with E-state index in [0.717, 1.165) is 21.3 Å². The minimum atomic E-state index is -0.0971. The Kier molecular flexibility index (Phi) is 4.74. The Labute approximate surface area is 126 Å². The van der Waals surface area contributed by atoms with Crippen LogP contribution in [0.15, 0.2) is 41.0 Å². The van der Waals surface area contributed by atoms with Crippen molar-refractivity contribution in [2.24, 2.45) is 0 Å². The molecule has 20 heavy (non-hydrogen) atoms. The minimum Gasteiger partial charge on any atom is -0.496 e. The number of hydrogen-bond acceptors (Lipinski definition) is 3. The molecule has 0 spiro atoms. The molecule has 5 heteroatoms. The Bertz CT molecular complexity index is 629. The van der Waals surface area contributed by atoms with Crippen molar-refractivity contribution in [1.82, 2.24) is 4.98 Å². The highest BCUT2D eigenvalue weighted by Crippen LogP contribution is 2.19. The molecule has 0 unspecified atom stereocenters. The zero-order chi connectivity index (χ0) is 14.5. The molecule has 0 aliphatic carbocycles. The van der Waals surface area contributed by atoms with Crippen molar-refractivity contribution in [3.63, 3.8) is 0 Å². The fourth-order valence-corrected chi connectivity index (χ4v) is 2.23. The first-order valence-electron chi connectivity index (χ1n) is 6.13. The monoisotopic (exact) mass is 334 g/mol. The summed E-state index contributed by atoms with van der Waals surface area (Å²) in [7, 11) is 1.63. The van der Waals surface area contributed by atoms with E-state index >= 15 is 0 Å². The Balaban J connectivity index is 2.03. The quantitative estimate of drug-likeness (QED) is 0.932.